The van der Waals surface area contributed by atoms with E-state index < -0.39 is 11.7 Å². The van der Waals surface area contributed by atoms with Gasteiger partial charge in [-0.1, -0.05) is 24.3 Å². The van der Waals surface area contributed by atoms with E-state index in [0.29, 0.717) is 5.56 Å². The van der Waals surface area contributed by atoms with Gasteiger partial charge in [-0.25, -0.2) is 4.39 Å². The van der Waals surface area contributed by atoms with Gasteiger partial charge in [0, 0.05) is 12.0 Å². The van der Waals surface area contributed by atoms with E-state index in [1.807, 2.05) is 0 Å². The molecule has 1 aromatic rings. The van der Waals surface area contributed by atoms with Crippen LogP contribution in [-0.2, 0) is 6.42 Å². The normalized spacial score (nSPS) is 13.6. The van der Waals surface area contributed by atoms with E-state index in [-0.39, 0.29) is 12.2 Å². The van der Waals surface area contributed by atoms with Gasteiger partial charge in [-0.2, -0.15) is 0 Å². The second kappa shape index (κ2) is 4.74. The molecule has 0 amide bonds. The third kappa shape index (κ3) is 3.42. The lowest BCUT2D eigenvalue weighted by Crippen LogP contribution is -2.28. The van der Waals surface area contributed by atoms with E-state index in [4.69, 9.17) is 5.73 Å². The molecular weight excluding hydrogens is 205 g/mol. The highest BCUT2D eigenvalue weighted by Gasteiger charge is 2.21. The number of rotatable bonds is 4. The van der Waals surface area contributed by atoms with Gasteiger partial charge < -0.3 is 5.73 Å². The first-order valence-corrected chi connectivity index (χ1v) is 5.38. The lowest BCUT2D eigenvalue weighted by Gasteiger charge is -2.17. The van der Waals surface area contributed by atoms with Gasteiger partial charge in [0.2, 0.25) is 0 Å². The zero-order chi connectivity index (χ0) is 12.3. The fourth-order valence-corrected chi connectivity index (χ4v) is 1.61. The Balaban J connectivity index is 3.06. The Kier molecular flexibility index (Phi) is 3.81. The van der Waals surface area contributed by atoms with Crippen molar-refractivity contribution in [1.82, 2.24) is 0 Å². The quantitative estimate of drug-likeness (QED) is 0.797. The number of benzene rings is 1. The molecule has 0 spiro atoms. The number of halogens is 1. The van der Waals surface area contributed by atoms with Crippen molar-refractivity contribution in [2.24, 2.45) is 5.73 Å². The van der Waals surface area contributed by atoms with Gasteiger partial charge in [0.1, 0.15) is 5.67 Å². The Bertz CT molecular complexity index is 380. The van der Waals surface area contributed by atoms with Crippen LogP contribution in [0.15, 0.2) is 24.3 Å². The molecule has 0 radical (unpaired) electrons. The Labute approximate surface area is 95.7 Å². The van der Waals surface area contributed by atoms with Gasteiger partial charge in [-0.3, -0.25) is 4.79 Å². The van der Waals surface area contributed by atoms with Crippen LogP contribution in [0.25, 0.3) is 0 Å². The molecule has 0 saturated carbocycles. The van der Waals surface area contributed by atoms with E-state index in [2.05, 4.69) is 0 Å². The predicted octanol–water partition coefficient (Wildman–Crippen LogP) is 2.51. The zero-order valence-electron chi connectivity index (χ0n) is 9.96. The van der Waals surface area contributed by atoms with Crippen LogP contribution >= 0.6 is 0 Å². The molecule has 0 fully saturated rings. The molecule has 0 heterocycles. The maximum absolute atomic E-state index is 13.6. The van der Waals surface area contributed by atoms with E-state index in [1.54, 1.807) is 31.2 Å². The zero-order valence-corrected chi connectivity index (χ0v) is 9.96. The molecule has 0 bridgehead atoms. The van der Waals surface area contributed by atoms with Crippen molar-refractivity contribution in [2.75, 3.05) is 0 Å². The van der Waals surface area contributed by atoms with E-state index >= 15 is 0 Å². The summed E-state index contributed by atoms with van der Waals surface area (Å²) in [7, 11) is 0. The minimum atomic E-state index is -1.33. The van der Waals surface area contributed by atoms with Gasteiger partial charge in [-0.05, 0) is 26.3 Å². The highest BCUT2D eigenvalue weighted by atomic mass is 19.1. The van der Waals surface area contributed by atoms with Crippen molar-refractivity contribution in [2.45, 2.75) is 38.9 Å². The molecule has 1 rings (SSSR count). The Morgan fingerprint density at radius 2 is 2.00 bits per heavy atom. The molecule has 88 valence electrons. The van der Waals surface area contributed by atoms with Crippen molar-refractivity contribution >= 4 is 5.78 Å². The molecule has 2 nitrogen and oxygen atoms in total. The monoisotopic (exact) mass is 223 g/mol. The first-order valence-electron chi connectivity index (χ1n) is 5.38. The average molecular weight is 223 g/mol. The number of carbonyl (C=O) groups excluding carboxylic acids is 1. The van der Waals surface area contributed by atoms with Crippen molar-refractivity contribution in [3.63, 3.8) is 0 Å². The van der Waals surface area contributed by atoms with Crippen LogP contribution in [-0.4, -0.2) is 17.5 Å². The molecule has 1 atom stereocenters. The molecular formula is C13H18FNO. The van der Waals surface area contributed by atoms with Gasteiger partial charge in [-0.15, -0.1) is 0 Å². The highest BCUT2D eigenvalue weighted by molar-refractivity contribution is 6.00. The summed E-state index contributed by atoms with van der Waals surface area (Å²) in [6.07, 6.45) is 0.224. The van der Waals surface area contributed by atoms with Crippen LogP contribution in [0.2, 0.25) is 0 Å². The van der Waals surface area contributed by atoms with Gasteiger partial charge in [0.15, 0.2) is 5.78 Å². The largest absolute Gasteiger partial charge is 0.321 e. The van der Waals surface area contributed by atoms with Crippen LogP contribution in [0.1, 0.15) is 36.7 Å². The topological polar surface area (TPSA) is 43.1 Å². The van der Waals surface area contributed by atoms with E-state index in [0.717, 1.165) is 5.56 Å². The fraction of sp³-hybridized carbons (Fsp3) is 0.462. The molecule has 0 aliphatic rings. The summed E-state index contributed by atoms with van der Waals surface area (Å²) in [5.41, 5.74) is 5.48. The summed E-state index contributed by atoms with van der Waals surface area (Å²) < 4.78 is 13.6. The van der Waals surface area contributed by atoms with Crippen LogP contribution in [0, 0.1) is 0 Å². The van der Waals surface area contributed by atoms with Gasteiger partial charge in [0.05, 0.1) is 6.04 Å². The Morgan fingerprint density at radius 3 is 2.50 bits per heavy atom. The second-order valence-corrected chi connectivity index (χ2v) is 4.71. The molecule has 0 saturated heterocycles. The summed E-state index contributed by atoms with van der Waals surface area (Å²) in [4.78, 5) is 11.8. The van der Waals surface area contributed by atoms with E-state index in [9.17, 15) is 9.18 Å². The average Bonchev–Trinajstić information content (AvgIpc) is 2.15. The van der Waals surface area contributed by atoms with E-state index in [1.165, 1.54) is 13.8 Å². The Hall–Kier alpha value is -1.22. The van der Waals surface area contributed by atoms with Crippen molar-refractivity contribution < 1.29 is 9.18 Å². The number of nitrogens with two attached hydrogens (primary N) is 1. The van der Waals surface area contributed by atoms with Crippen LogP contribution in [0.5, 0.6) is 0 Å². The highest BCUT2D eigenvalue weighted by Crippen LogP contribution is 2.20. The molecule has 16 heavy (non-hydrogen) atoms. The third-order valence-electron chi connectivity index (χ3n) is 2.31. The molecule has 0 aliphatic heterocycles. The van der Waals surface area contributed by atoms with Crippen molar-refractivity contribution in [3.8, 4) is 0 Å². The maximum atomic E-state index is 13.6. The van der Waals surface area contributed by atoms with Crippen molar-refractivity contribution in [1.29, 1.82) is 0 Å². The lowest BCUT2D eigenvalue weighted by atomic mass is 9.92. The van der Waals surface area contributed by atoms with Crippen LogP contribution in [0.3, 0.4) is 0 Å². The molecule has 0 aromatic heterocycles. The molecule has 0 aliphatic carbocycles. The molecule has 1 unspecified atom stereocenters. The summed E-state index contributed by atoms with van der Waals surface area (Å²) in [5, 5.41) is 0. The second-order valence-electron chi connectivity index (χ2n) is 4.71. The SMILES string of the molecule is CC(N)C(=O)c1ccccc1CC(C)(C)F. The standard InChI is InChI=1S/C13H18FNO/c1-9(15)12(16)11-7-5-4-6-10(11)8-13(2,3)14/h4-7,9H,8,15H2,1-3H3. The first-order chi connectivity index (χ1) is 7.31. The number of alkyl halides is 1. The summed E-state index contributed by atoms with van der Waals surface area (Å²) in [6.45, 7) is 4.64. The number of carbonyl (C=O) groups is 1. The summed E-state index contributed by atoms with van der Waals surface area (Å²) in [6, 6.07) is 6.50. The fourth-order valence-electron chi connectivity index (χ4n) is 1.61. The third-order valence-corrected chi connectivity index (χ3v) is 2.31. The number of ketones is 1. The summed E-state index contributed by atoms with van der Waals surface area (Å²) >= 11 is 0. The predicted molar refractivity (Wildman–Crippen MR) is 63.3 cm³/mol. The maximum Gasteiger partial charge on any atom is 0.179 e. The lowest BCUT2D eigenvalue weighted by molar-refractivity contribution is 0.0966. The Morgan fingerprint density at radius 1 is 1.44 bits per heavy atom. The number of hydrogen-bond donors (Lipinski definition) is 1. The first kappa shape index (κ1) is 12.8. The van der Waals surface area contributed by atoms with Crippen molar-refractivity contribution in [3.05, 3.63) is 35.4 Å². The van der Waals surface area contributed by atoms with Crippen LogP contribution in [0.4, 0.5) is 4.39 Å². The molecule has 1 aromatic carbocycles. The van der Waals surface area contributed by atoms with Crippen LogP contribution < -0.4 is 5.73 Å². The smallest absolute Gasteiger partial charge is 0.179 e. The molecule has 2 N–H and O–H groups in total. The van der Waals surface area contributed by atoms with Gasteiger partial charge >= 0.3 is 0 Å². The number of hydrogen-bond acceptors (Lipinski definition) is 2. The summed E-state index contributed by atoms with van der Waals surface area (Å²) in [5.74, 6) is -0.139. The number of Topliss-reactive ketones (excluding diaryl/α,β-unsaturated/α-hetero) is 1. The molecule has 3 heteroatoms. The minimum Gasteiger partial charge on any atom is -0.321 e. The minimum absolute atomic E-state index is 0.139. The van der Waals surface area contributed by atoms with Gasteiger partial charge in [0.25, 0.3) is 0 Å².